The second-order valence-electron chi connectivity index (χ2n) is 7.82. The fourth-order valence-electron chi connectivity index (χ4n) is 4.38. The Bertz CT molecular complexity index is 811. The summed E-state index contributed by atoms with van der Waals surface area (Å²) in [7, 11) is 1.70. The van der Waals surface area contributed by atoms with Crippen LogP contribution in [0, 0.1) is 0 Å². The van der Waals surface area contributed by atoms with E-state index in [4.69, 9.17) is 4.74 Å². The molecule has 1 amide bonds. The zero-order chi connectivity index (χ0) is 19.5. The third-order valence-corrected chi connectivity index (χ3v) is 6.09. The van der Waals surface area contributed by atoms with Crippen LogP contribution in [0.1, 0.15) is 35.3 Å². The van der Waals surface area contributed by atoms with E-state index in [-0.39, 0.29) is 11.9 Å². The van der Waals surface area contributed by atoms with Crippen LogP contribution in [-0.2, 0) is 0 Å². The molecular weight excluding hydrogens is 350 g/mol. The van der Waals surface area contributed by atoms with Crippen LogP contribution in [0.15, 0.2) is 54.6 Å². The number of nitrogens with one attached hydrogen (secondary N) is 1. The fraction of sp³-hybridized carbons (Fsp3) is 0.435. The van der Waals surface area contributed by atoms with Gasteiger partial charge in [-0.3, -0.25) is 9.69 Å². The number of nitrogens with zero attached hydrogens (tertiary/aromatic N) is 2. The van der Waals surface area contributed by atoms with Crippen molar-refractivity contribution in [1.82, 2.24) is 15.1 Å². The van der Waals surface area contributed by atoms with E-state index < -0.39 is 0 Å². The normalized spacial score (nSPS) is 24.8. The van der Waals surface area contributed by atoms with Crippen LogP contribution in [-0.4, -0.2) is 61.1 Å². The molecule has 5 nitrogen and oxygen atoms in total. The van der Waals surface area contributed by atoms with Gasteiger partial charge in [0.2, 0.25) is 0 Å². The average Bonchev–Trinajstić information content (AvgIpc) is 3.17. The summed E-state index contributed by atoms with van der Waals surface area (Å²) in [6, 6.07) is 18.8. The number of rotatable bonds is 6. The van der Waals surface area contributed by atoms with Gasteiger partial charge in [-0.05, 0) is 43.2 Å². The van der Waals surface area contributed by atoms with Gasteiger partial charge in [-0.15, -0.1) is 0 Å². The van der Waals surface area contributed by atoms with Gasteiger partial charge >= 0.3 is 0 Å². The molecule has 148 valence electrons. The van der Waals surface area contributed by atoms with Crippen molar-refractivity contribution in [2.75, 3.05) is 33.3 Å². The van der Waals surface area contributed by atoms with Gasteiger partial charge in [0.25, 0.3) is 5.91 Å². The van der Waals surface area contributed by atoms with E-state index >= 15 is 0 Å². The topological polar surface area (TPSA) is 44.8 Å². The first-order valence-corrected chi connectivity index (χ1v) is 10.1. The van der Waals surface area contributed by atoms with E-state index in [9.17, 15) is 4.79 Å². The van der Waals surface area contributed by atoms with Gasteiger partial charge in [0.15, 0.2) is 0 Å². The maximum atomic E-state index is 13.0. The van der Waals surface area contributed by atoms with Gasteiger partial charge < -0.3 is 15.0 Å². The fourth-order valence-corrected chi connectivity index (χ4v) is 4.38. The minimum atomic E-state index is 0.165. The third kappa shape index (κ3) is 3.91. The number of fused-ring (bicyclic) bond motifs is 2. The number of hydrogen-bond donors (Lipinski definition) is 1. The summed E-state index contributed by atoms with van der Waals surface area (Å²) in [5, 5.41) is 3.67. The van der Waals surface area contributed by atoms with Crippen molar-refractivity contribution < 1.29 is 9.53 Å². The Balaban J connectivity index is 1.41. The first-order valence-electron chi connectivity index (χ1n) is 10.1. The predicted molar refractivity (Wildman–Crippen MR) is 111 cm³/mol. The number of piperazine rings is 1. The lowest BCUT2D eigenvalue weighted by Crippen LogP contribution is -2.57. The van der Waals surface area contributed by atoms with E-state index in [1.54, 1.807) is 7.11 Å². The molecule has 0 aromatic heterocycles. The molecule has 2 aliphatic rings. The van der Waals surface area contributed by atoms with Crippen molar-refractivity contribution in [2.45, 2.75) is 31.5 Å². The molecule has 0 spiro atoms. The molecule has 0 radical (unpaired) electrons. The SMILES string of the molecule is COc1cccc([C@H](C)NC[C@@H]2CN(C(=O)c3ccccc3)[C@H]3CCN2C3)c1. The molecule has 2 aliphatic heterocycles. The molecule has 1 unspecified atom stereocenters. The zero-order valence-electron chi connectivity index (χ0n) is 16.7. The molecule has 0 aliphatic carbocycles. The molecule has 4 atom stereocenters. The highest BCUT2D eigenvalue weighted by atomic mass is 16.5. The van der Waals surface area contributed by atoms with Crippen LogP contribution in [0.2, 0.25) is 0 Å². The number of amides is 1. The lowest BCUT2D eigenvalue weighted by atomic mass is 10.1. The van der Waals surface area contributed by atoms with E-state index in [2.05, 4.69) is 34.2 Å². The Kier molecular flexibility index (Phi) is 5.64. The number of ether oxygens (including phenoxy) is 1. The second-order valence-corrected chi connectivity index (χ2v) is 7.82. The Morgan fingerprint density at radius 1 is 1.18 bits per heavy atom. The molecule has 2 aromatic rings. The predicted octanol–water partition coefficient (Wildman–Crippen LogP) is 2.94. The van der Waals surface area contributed by atoms with Crippen LogP contribution in [0.3, 0.4) is 0 Å². The molecule has 2 fully saturated rings. The summed E-state index contributed by atoms with van der Waals surface area (Å²) in [5.74, 6) is 1.05. The number of hydrogen-bond acceptors (Lipinski definition) is 4. The van der Waals surface area contributed by atoms with Crippen LogP contribution in [0.4, 0.5) is 0 Å². The van der Waals surface area contributed by atoms with Crippen molar-refractivity contribution in [3.05, 3.63) is 65.7 Å². The monoisotopic (exact) mass is 379 g/mol. The Morgan fingerprint density at radius 3 is 2.79 bits per heavy atom. The highest BCUT2D eigenvalue weighted by Crippen LogP contribution is 2.27. The number of benzene rings is 2. The van der Waals surface area contributed by atoms with Gasteiger partial charge in [-0.2, -0.15) is 0 Å². The third-order valence-electron chi connectivity index (χ3n) is 6.09. The molecule has 5 heteroatoms. The number of carbonyl (C=O) groups excluding carboxylic acids is 1. The largest absolute Gasteiger partial charge is 0.497 e. The summed E-state index contributed by atoms with van der Waals surface area (Å²) in [6.07, 6.45) is 1.07. The minimum Gasteiger partial charge on any atom is -0.497 e. The zero-order valence-corrected chi connectivity index (χ0v) is 16.7. The summed E-state index contributed by atoms with van der Waals surface area (Å²) in [5.41, 5.74) is 2.01. The smallest absolute Gasteiger partial charge is 0.254 e. The van der Waals surface area contributed by atoms with Crippen LogP contribution >= 0.6 is 0 Å². The highest BCUT2D eigenvalue weighted by molar-refractivity contribution is 5.94. The molecule has 2 heterocycles. The molecule has 2 aromatic carbocycles. The Hall–Kier alpha value is -2.37. The standard InChI is InChI=1S/C23H29N3O2/c1-17(19-9-6-10-22(13-19)28-2)24-14-21-16-26(20-11-12-25(21)15-20)23(27)18-7-4-3-5-8-18/h3-10,13,17,20-21,24H,11-12,14-16H2,1-2H3/t17-,20-,21+/m0/s1. The lowest BCUT2D eigenvalue weighted by molar-refractivity contribution is 0.0492. The van der Waals surface area contributed by atoms with Gasteiger partial charge in [-0.1, -0.05) is 30.3 Å². The Labute approximate surface area is 167 Å². The van der Waals surface area contributed by atoms with Gasteiger partial charge in [0, 0.05) is 49.9 Å². The van der Waals surface area contributed by atoms with Crippen LogP contribution in [0.5, 0.6) is 5.75 Å². The van der Waals surface area contributed by atoms with E-state index in [0.29, 0.717) is 12.1 Å². The average molecular weight is 380 g/mol. The summed E-state index contributed by atoms with van der Waals surface area (Å²) in [6.45, 7) is 5.89. The molecule has 28 heavy (non-hydrogen) atoms. The van der Waals surface area contributed by atoms with Crippen molar-refractivity contribution in [3.63, 3.8) is 0 Å². The summed E-state index contributed by atoms with van der Waals surface area (Å²) in [4.78, 5) is 17.7. The van der Waals surface area contributed by atoms with Crippen LogP contribution < -0.4 is 10.1 Å². The van der Waals surface area contributed by atoms with Gasteiger partial charge in [0.1, 0.15) is 5.75 Å². The van der Waals surface area contributed by atoms with Crippen molar-refractivity contribution in [3.8, 4) is 5.75 Å². The summed E-state index contributed by atoms with van der Waals surface area (Å²) >= 11 is 0. The maximum absolute atomic E-state index is 13.0. The molecular formula is C23H29N3O2. The number of carbonyl (C=O) groups is 1. The van der Waals surface area contributed by atoms with E-state index in [1.165, 1.54) is 5.56 Å². The minimum absolute atomic E-state index is 0.165. The molecule has 1 N–H and O–H groups in total. The molecule has 2 bridgehead atoms. The van der Waals surface area contributed by atoms with Crippen molar-refractivity contribution >= 4 is 5.91 Å². The molecule has 4 rings (SSSR count). The molecule has 0 saturated carbocycles. The first kappa shape index (κ1) is 19.0. The van der Waals surface area contributed by atoms with Gasteiger partial charge in [0.05, 0.1) is 7.11 Å². The maximum Gasteiger partial charge on any atom is 0.254 e. The summed E-state index contributed by atoms with van der Waals surface area (Å²) < 4.78 is 5.34. The van der Waals surface area contributed by atoms with Crippen molar-refractivity contribution in [1.29, 1.82) is 0 Å². The van der Waals surface area contributed by atoms with Gasteiger partial charge in [-0.25, -0.2) is 0 Å². The lowest BCUT2D eigenvalue weighted by Gasteiger charge is -2.40. The van der Waals surface area contributed by atoms with E-state index in [0.717, 1.165) is 43.9 Å². The quantitative estimate of drug-likeness (QED) is 0.838. The van der Waals surface area contributed by atoms with Crippen LogP contribution in [0.25, 0.3) is 0 Å². The Morgan fingerprint density at radius 2 is 2.00 bits per heavy atom. The van der Waals surface area contributed by atoms with E-state index in [1.807, 2.05) is 42.5 Å². The molecule has 2 saturated heterocycles. The highest BCUT2D eigenvalue weighted by Gasteiger charge is 2.40. The number of methoxy groups -OCH3 is 1. The second kappa shape index (κ2) is 8.33. The van der Waals surface area contributed by atoms with Crippen molar-refractivity contribution in [2.24, 2.45) is 0 Å². The first-order chi connectivity index (χ1) is 13.7.